The van der Waals surface area contributed by atoms with Crippen LogP contribution in [0.25, 0.3) is 98.6 Å². The van der Waals surface area contributed by atoms with Gasteiger partial charge in [0, 0.05) is 28.3 Å². The zero-order chi connectivity index (χ0) is 35.0. The largest absolute Gasteiger partial charge is 0.456 e. The Morgan fingerprint density at radius 2 is 0.887 bits per heavy atom. The van der Waals surface area contributed by atoms with E-state index >= 15 is 0 Å². The van der Waals surface area contributed by atoms with Gasteiger partial charge in [0.2, 0.25) is 5.43 Å². The van der Waals surface area contributed by atoms with E-state index in [1.165, 1.54) is 0 Å². The molecule has 0 radical (unpaired) electrons. The lowest BCUT2D eigenvalue weighted by Gasteiger charge is -2.23. The van der Waals surface area contributed by atoms with Gasteiger partial charge in [-0.05, 0) is 106 Å². The minimum atomic E-state index is -0.0434. The van der Waals surface area contributed by atoms with E-state index in [1.54, 1.807) is 0 Å². The smallest absolute Gasteiger partial charge is 0.200 e. The molecule has 0 amide bonds. The fourth-order valence-corrected chi connectivity index (χ4v) is 8.25. The summed E-state index contributed by atoms with van der Waals surface area (Å²) in [6.07, 6.45) is 1.85. The average Bonchev–Trinajstić information content (AvgIpc) is 3.22. The van der Waals surface area contributed by atoms with Crippen molar-refractivity contribution in [2.75, 3.05) is 0 Å². The molecule has 3 aromatic heterocycles. The van der Waals surface area contributed by atoms with Gasteiger partial charge in [0.1, 0.15) is 11.2 Å². The van der Waals surface area contributed by atoms with Gasteiger partial charge in [-0.3, -0.25) is 9.78 Å². The Balaban J connectivity index is 1.43. The van der Waals surface area contributed by atoms with Gasteiger partial charge in [-0.15, -0.1) is 0 Å². The maximum Gasteiger partial charge on any atom is 0.200 e. The monoisotopic (exact) mass is 679 g/mol. The molecule has 5 heteroatoms. The summed E-state index contributed by atoms with van der Waals surface area (Å²) < 4.78 is 11.2. The molecule has 0 saturated heterocycles. The highest BCUT2D eigenvalue weighted by Gasteiger charge is 2.18. The minimum absolute atomic E-state index is 0.0434. The van der Waals surface area contributed by atoms with Crippen LogP contribution in [0.2, 0.25) is 0 Å². The first-order valence-corrected chi connectivity index (χ1v) is 17.8. The van der Waals surface area contributed by atoms with Gasteiger partial charge < -0.3 is 13.6 Å². The third kappa shape index (κ3) is 4.38. The first kappa shape index (κ1) is 29.5. The van der Waals surface area contributed by atoms with Gasteiger partial charge in [-0.1, -0.05) is 91.0 Å². The van der Waals surface area contributed by atoms with Crippen LogP contribution in [-0.4, -0.2) is 14.1 Å². The van der Waals surface area contributed by atoms with Crippen LogP contribution in [0.4, 0.5) is 0 Å². The number of nitrogens with zero attached hydrogens (tertiary/aromatic N) is 3. The van der Waals surface area contributed by atoms with Gasteiger partial charge in [0.15, 0.2) is 0 Å². The van der Waals surface area contributed by atoms with Crippen molar-refractivity contribution >= 4 is 87.2 Å². The molecule has 53 heavy (non-hydrogen) atoms. The van der Waals surface area contributed by atoms with E-state index in [1.807, 2.05) is 48.7 Å². The Morgan fingerprint density at radius 3 is 1.53 bits per heavy atom. The number of pyridine rings is 1. The van der Waals surface area contributed by atoms with Gasteiger partial charge >= 0.3 is 0 Å². The molecule has 8 aromatic carbocycles. The van der Waals surface area contributed by atoms with Gasteiger partial charge in [0.05, 0.1) is 38.4 Å². The Morgan fingerprint density at radius 1 is 0.377 bits per heavy atom. The normalized spacial score (nSPS) is 11.8. The van der Waals surface area contributed by atoms with Crippen molar-refractivity contribution in [2.24, 2.45) is 0 Å². The van der Waals surface area contributed by atoms with Crippen LogP contribution in [-0.2, 0) is 0 Å². The predicted octanol–water partition coefficient (Wildman–Crippen LogP) is 12.0. The molecule has 0 aliphatic carbocycles. The summed E-state index contributed by atoms with van der Waals surface area (Å²) in [7, 11) is 0. The lowest BCUT2D eigenvalue weighted by Crippen LogP contribution is -2.08. The molecule has 5 nitrogen and oxygen atoms in total. The van der Waals surface area contributed by atoms with E-state index in [0.29, 0.717) is 21.9 Å². The number of hydrogen-bond acceptors (Lipinski definition) is 3. The highest BCUT2D eigenvalue weighted by molar-refractivity contribution is 6.27. The summed E-state index contributed by atoms with van der Waals surface area (Å²) in [6, 6.07) is 58.6. The molecule has 0 N–H and O–H groups in total. The average molecular weight is 680 g/mol. The van der Waals surface area contributed by atoms with Crippen molar-refractivity contribution in [1.29, 1.82) is 0 Å². The van der Waals surface area contributed by atoms with E-state index < -0.39 is 0 Å². The summed E-state index contributed by atoms with van der Waals surface area (Å²) in [5.74, 6) is 0. The number of benzene rings is 7. The summed E-state index contributed by atoms with van der Waals surface area (Å²) in [5, 5.41) is 8.22. The van der Waals surface area contributed by atoms with Gasteiger partial charge in [-0.2, -0.15) is 0 Å². The first-order valence-electron chi connectivity index (χ1n) is 17.8. The van der Waals surface area contributed by atoms with E-state index in [-0.39, 0.29) is 5.43 Å². The molecule has 0 bridgehead atoms. The van der Waals surface area contributed by atoms with Crippen molar-refractivity contribution in [1.82, 2.24) is 14.1 Å². The zero-order valence-electron chi connectivity index (χ0n) is 28.4. The summed E-state index contributed by atoms with van der Waals surface area (Å²) in [6.45, 7) is 0. The molecular formula is C48H29N3O2. The number of rotatable bonds is 2. The molecule has 0 aliphatic heterocycles. The number of fused-ring (bicyclic) bond motifs is 12. The second-order valence-electron chi connectivity index (χ2n) is 13.5. The SMILES string of the molecule is O=c1c2ccccc2oc2cc3c(cc12)c1ccccc1c1cc2c(cc1c1cccnc13)n(-c1ccccc1)c1ccccc1n2-c1ccccc1. The lowest BCUT2D eigenvalue weighted by molar-refractivity contribution is 0.660. The van der Waals surface area contributed by atoms with Crippen LogP contribution in [0, 0.1) is 0 Å². The third-order valence-corrected chi connectivity index (χ3v) is 10.6. The van der Waals surface area contributed by atoms with Crippen molar-refractivity contribution in [3.05, 3.63) is 186 Å². The van der Waals surface area contributed by atoms with Crippen LogP contribution >= 0.6 is 0 Å². The molecule has 248 valence electrons. The Kier molecular flexibility index (Phi) is 6.34. The van der Waals surface area contributed by atoms with E-state index in [9.17, 15) is 4.79 Å². The van der Waals surface area contributed by atoms with Crippen molar-refractivity contribution in [2.45, 2.75) is 0 Å². The molecule has 0 spiro atoms. The fourth-order valence-electron chi connectivity index (χ4n) is 8.25. The summed E-state index contributed by atoms with van der Waals surface area (Å²) >= 11 is 0. The Labute approximate surface area is 302 Å². The number of aromatic nitrogens is 3. The minimum Gasteiger partial charge on any atom is -0.456 e. The molecule has 0 atom stereocenters. The van der Waals surface area contributed by atoms with E-state index in [2.05, 4.69) is 137 Å². The molecule has 0 unspecified atom stereocenters. The summed E-state index contributed by atoms with van der Waals surface area (Å²) in [5.41, 5.74) is 8.34. The second kappa shape index (κ2) is 11.4. The van der Waals surface area contributed by atoms with Crippen molar-refractivity contribution in [3.63, 3.8) is 0 Å². The highest BCUT2D eigenvalue weighted by Crippen LogP contribution is 2.40. The van der Waals surface area contributed by atoms with Crippen LogP contribution < -0.4 is 5.43 Å². The number of para-hydroxylation sites is 5. The van der Waals surface area contributed by atoms with Gasteiger partial charge in [-0.25, -0.2) is 0 Å². The fraction of sp³-hybridized carbons (Fsp3) is 0. The Hall–Kier alpha value is -7.24. The van der Waals surface area contributed by atoms with Crippen molar-refractivity contribution in [3.8, 4) is 11.4 Å². The third-order valence-electron chi connectivity index (χ3n) is 10.6. The first-order chi connectivity index (χ1) is 26.2. The Bertz CT molecular complexity index is 3410. The van der Waals surface area contributed by atoms with Crippen LogP contribution in [0.1, 0.15) is 0 Å². The quantitative estimate of drug-likeness (QED) is 0.171. The van der Waals surface area contributed by atoms with Crippen LogP contribution in [0.3, 0.4) is 0 Å². The standard InChI is InChI=1S/C48H29N3O2/c52-48-35-20-9-12-24-45(35)53-46-29-39-36(26-40(46)48)32-18-7-8-19-33(32)37-27-43-44(28-38(37)34-21-13-25-49-47(34)39)51(31-16-5-2-6-17-31)42-23-11-10-22-41(42)50(43)30-14-3-1-4-15-30/h1-29H. The van der Waals surface area contributed by atoms with Gasteiger partial charge in [0.25, 0.3) is 0 Å². The number of hydrogen-bond donors (Lipinski definition) is 0. The summed E-state index contributed by atoms with van der Waals surface area (Å²) in [4.78, 5) is 19.0. The molecular weight excluding hydrogens is 651 g/mol. The maximum atomic E-state index is 14.0. The van der Waals surface area contributed by atoms with Crippen LogP contribution in [0.15, 0.2) is 185 Å². The van der Waals surface area contributed by atoms with Crippen molar-refractivity contribution < 1.29 is 4.42 Å². The topological polar surface area (TPSA) is 53.0 Å². The lowest BCUT2D eigenvalue weighted by atomic mass is 9.94. The highest BCUT2D eigenvalue weighted by atomic mass is 16.3. The molecule has 11 rings (SSSR count). The zero-order valence-corrected chi connectivity index (χ0v) is 28.4. The molecule has 3 heterocycles. The van der Waals surface area contributed by atoms with Crippen LogP contribution in [0.5, 0.6) is 0 Å². The molecule has 0 aliphatic rings. The van der Waals surface area contributed by atoms with E-state index in [4.69, 9.17) is 9.40 Å². The maximum absolute atomic E-state index is 14.0. The molecule has 11 aromatic rings. The van der Waals surface area contributed by atoms with E-state index in [0.717, 1.165) is 76.7 Å². The predicted molar refractivity (Wildman–Crippen MR) is 219 cm³/mol. The molecule has 0 fully saturated rings. The molecule has 0 saturated carbocycles. The second-order valence-corrected chi connectivity index (χ2v) is 13.5.